The molecule has 1 fully saturated rings. The molecule has 0 radical (unpaired) electrons. The van der Waals surface area contributed by atoms with E-state index in [1.165, 1.54) is 31.7 Å². The molecule has 4 nitrogen and oxygen atoms in total. The number of hydrogen-bond donors (Lipinski definition) is 2. The Morgan fingerprint density at radius 1 is 1.18 bits per heavy atom. The van der Waals surface area contributed by atoms with Crippen molar-refractivity contribution in [1.82, 2.24) is 10.3 Å². The number of aromatic amines is 1. The summed E-state index contributed by atoms with van der Waals surface area (Å²) in [6.07, 6.45) is 6.96. The van der Waals surface area contributed by atoms with Gasteiger partial charge in [-0.2, -0.15) is 0 Å². The van der Waals surface area contributed by atoms with Gasteiger partial charge in [0.1, 0.15) is 5.69 Å². The molecule has 1 aliphatic carbocycles. The normalized spacial score (nSPS) is 17.4. The van der Waals surface area contributed by atoms with E-state index in [9.17, 15) is 9.59 Å². The van der Waals surface area contributed by atoms with Crippen LogP contribution in [0.3, 0.4) is 0 Å². The van der Waals surface area contributed by atoms with Crippen LogP contribution in [0.25, 0.3) is 0 Å². The fourth-order valence-electron chi connectivity index (χ4n) is 2.27. The third-order valence-corrected chi connectivity index (χ3v) is 3.20. The molecule has 1 aromatic rings. The van der Waals surface area contributed by atoms with E-state index in [4.69, 9.17) is 0 Å². The van der Waals surface area contributed by atoms with Gasteiger partial charge in [0.25, 0.3) is 5.91 Å². The SMILES string of the molecule is O=C(NC1CCCCCC1)c1cccc(=O)[nH]1. The lowest BCUT2D eigenvalue weighted by atomic mass is 10.1. The van der Waals surface area contributed by atoms with Crippen LogP contribution >= 0.6 is 0 Å². The average molecular weight is 234 g/mol. The zero-order valence-electron chi connectivity index (χ0n) is 9.87. The van der Waals surface area contributed by atoms with Crippen LogP contribution in [0, 0.1) is 0 Å². The first-order chi connectivity index (χ1) is 8.25. The van der Waals surface area contributed by atoms with Crippen LogP contribution in [0.1, 0.15) is 49.0 Å². The van der Waals surface area contributed by atoms with Crippen LogP contribution in [0.15, 0.2) is 23.0 Å². The van der Waals surface area contributed by atoms with Gasteiger partial charge in [0.05, 0.1) is 0 Å². The summed E-state index contributed by atoms with van der Waals surface area (Å²) in [5.41, 5.74) is 0.111. The molecule has 0 aromatic carbocycles. The monoisotopic (exact) mass is 234 g/mol. The summed E-state index contributed by atoms with van der Waals surface area (Å²) in [7, 11) is 0. The molecule has 4 heteroatoms. The first-order valence-corrected chi connectivity index (χ1v) is 6.26. The summed E-state index contributed by atoms with van der Waals surface area (Å²) in [5.74, 6) is -0.172. The van der Waals surface area contributed by atoms with Crippen molar-refractivity contribution in [2.24, 2.45) is 0 Å². The van der Waals surface area contributed by atoms with Crippen LogP contribution in [0.4, 0.5) is 0 Å². The highest BCUT2D eigenvalue weighted by molar-refractivity contribution is 5.92. The smallest absolute Gasteiger partial charge is 0.268 e. The number of hydrogen-bond acceptors (Lipinski definition) is 2. The van der Waals surface area contributed by atoms with Gasteiger partial charge in [-0.3, -0.25) is 9.59 Å². The van der Waals surface area contributed by atoms with Gasteiger partial charge in [0.2, 0.25) is 5.56 Å². The Labute approximate surface area is 100 Å². The third kappa shape index (κ3) is 3.44. The molecule has 2 N–H and O–H groups in total. The van der Waals surface area contributed by atoms with Crippen molar-refractivity contribution in [1.29, 1.82) is 0 Å². The number of carbonyl (C=O) groups excluding carboxylic acids is 1. The minimum atomic E-state index is -0.237. The van der Waals surface area contributed by atoms with Crippen LogP contribution in [-0.4, -0.2) is 16.9 Å². The zero-order chi connectivity index (χ0) is 12.1. The lowest BCUT2D eigenvalue weighted by Gasteiger charge is -2.15. The Hall–Kier alpha value is -1.58. The summed E-state index contributed by atoms with van der Waals surface area (Å²) >= 11 is 0. The first kappa shape index (κ1) is 11.9. The molecule has 0 bridgehead atoms. The number of aromatic nitrogens is 1. The second-order valence-electron chi connectivity index (χ2n) is 4.59. The molecule has 1 aliphatic rings. The van der Waals surface area contributed by atoms with E-state index in [1.807, 2.05) is 0 Å². The van der Waals surface area contributed by atoms with Gasteiger partial charge >= 0.3 is 0 Å². The predicted octanol–water partition coefficient (Wildman–Crippen LogP) is 1.83. The van der Waals surface area contributed by atoms with Gasteiger partial charge in [-0.05, 0) is 18.9 Å². The Balaban J connectivity index is 1.98. The fourth-order valence-corrected chi connectivity index (χ4v) is 2.27. The summed E-state index contributed by atoms with van der Waals surface area (Å²) < 4.78 is 0. The minimum Gasteiger partial charge on any atom is -0.348 e. The first-order valence-electron chi connectivity index (χ1n) is 6.26. The molecule has 2 rings (SSSR count). The Bertz CT molecular complexity index is 431. The molecular weight excluding hydrogens is 216 g/mol. The molecule has 1 heterocycles. The molecular formula is C13H18N2O2. The van der Waals surface area contributed by atoms with Crippen LogP contribution < -0.4 is 10.9 Å². The van der Waals surface area contributed by atoms with Crippen LogP contribution in [0.2, 0.25) is 0 Å². The second-order valence-corrected chi connectivity index (χ2v) is 4.59. The number of pyridine rings is 1. The summed E-state index contributed by atoms with van der Waals surface area (Å²) in [5, 5.41) is 2.99. The molecule has 1 aromatic heterocycles. The van der Waals surface area contributed by atoms with Crippen molar-refractivity contribution in [2.45, 2.75) is 44.6 Å². The summed E-state index contributed by atoms with van der Waals surface area (Å²) in [4.78, 5) is 25.5. The lowest BCUT2D eigenvalue weighted by Crippen LogP contribution is -2.35. The van der Waals surface area contributed by atoms with E-state index in [-0.39, 0.29) is 17.5 Å². The van der Waals surface area contributed by atoms with Crippen molar-refractivity contribution in [3.05, 3.63) is 34.2 Å². The largest absolute Gasteiger partial charge is 0.348 e. The number of H-pyrrole nitrogens is 1. The predicted molar refractivity (Wildman–Crippen MR) is 66.0 cm³/mol. The Morgan fingerprint density at radius 2 is 1.88 bits per heavy atom. The number of carbonyl (C=O) groups is 1. The van der Waals surface area contributed by atoms with Crippen molar-refractivity contribution in [3.8, 4) is 0 Å². The highest BCUT2D eigenvalue weighted by atomic mass is 16.2. The fraction of sp³-hybridized carbons (Fsp3) is 0.538. The summed E-state index contributed by atoms with van der Waals surface area (Å²) in [6.45, 7) is 0. The van der Waals surface area contributed by atoms with E-state index in [1.54, 1.807) is 12.1 Å². The highest BCUT2D eigenvalue weighted by Gasteiger charge is 2.15. The van der Waals surface area contributed by atoms with Gasteiger partial charge in [-0.1, -0.05) is 31.7 Å². The number of rotatable bonds is 2. The van der Waals surface area contributed by atoms with E-state index in [0.717, 1.165) is 12.8 Å². The molecule has 0 aliphatic heterocycles. The van der Waals surface area contributed by atoms with Crippen LogP contribution in [-0.2, 0) is 0 Å². The molecule has 0 unspecified atom stereocenters. The van der Waals surface area contributed by atoms with E-state index < -0.39 is 0 Å². The molecule has 0 saturated heterocycles. The quantitative estimate of drug-likeness (QED) is 0.767. The topological polar surface area (TPSA) is 62.0 Å². The maximum Gasteiger partial charge on any atom is 0.268 e. The second kappa shape index (κ2) is 5.66. The van der Waals surface area contributed by atoms with Crippen molar-refractivity contribution in [2.75, 3.05) is 0 Å². The lowest BCUT2D eigenvalue weighted by molar-refractivity contribution is 0.0928. The molecule has 1 saturated carbocycles. The minimum absolute atomic E-state index is 0.172. The van der Waals surface area contributed by atoms with Crippen molar-refractivity contribution in [3.63, 3.8) is 0 Å². The molecule has 17 heavy (non-hydrogen) atoms. The molecule has 1 amide bonds. The van der Waals surface area contributed by atoms with Gasteiger partial charge in [-0.15, -0.1) is 0 Å². The molecule has 0 atom stereocenters. The number of amides is 1. The van der Waals surface area contributed by atoms with Gasteiger partial charge < -0.3 is 10.3 Å². The zero-order valence-corrected chi connectivity index (χ0v) is 9.87. The van der Waals surface area contributed by atoms with Gasteiger partial charge in [0, 0.05) is 12.1 Å². The van der Waals surface area contributed by atoms with Gasteiger partial charge in [0.15, 0.2) is 0 Å². The average Bonchev–Trinajstić information content (AvgIpc) is 2.57. The van der Waals surface area contributed by atoms with E-state index in [0.29, 0.717) is 5.69 Å². The maximum atomic E-state index is 11.9. The van der Waals surface area contributed by atoms with Crippen LogP contribution in [0.5, 0.6) is 0 Å². The standard InChI is InChI=1S/C13H18N2O2/c16-12-9-5-8-11(15-12)13(17)14-10-6-3-1-2-4-7-10/h5,8-10H,1-4,6-7H2,(H,14,17)(H,15,16). The summed E-state index contributed by atoms with van der Waals surface area (Å²) in [6, 6.07) is 4.89. The van der Waals surface area contributed by atoms with Crippen molar-refractivity contribution < 1.29 is 4.79 Å². The highest BCUT2D eigenvalue weighted by Crippen LogP contribution is 2.17. The van der Waals surface area contributed by atoms with E-state index >= 15 is 0 Å². The Morgan fingerprint density at radius 3 is 2.53 bits per heavy atom. The number of nitrogens with one attached hydrogen (secondary N) is 2. The van der Waals surface area contributed by atoms with Gasteiger partial charge in [-0.25, -0.2) is 0 Å². The molecule has 92 valence electrons. The molecule has 0 spiro atoms. The maximum absolute atomic E-state index is 11.9. The Kier molecular flexibility index (Phi) is 3.96. The van der Waals surface area contributed by atoms with Crippen molar-refractivity contribution >= 4 is 5.91 Å². The van der Waals surface area contributed by atoms with E-state index in [2.05, 4.69) is 10.3 Å². The third-order valence-electron chi connectivity index (χ3n) is 3.20.